The lowest BCUT2D eigenvalue weighted by atomic mass is 10.0. The summed E-state index contributed by atoms with van der Waals surface area (Å²) in [5, 5.41) is 19.0. The van der Waals surface area contributed by atoms with Gasteiger partial charge in [0, 0.05) is 23.2 Å². The number of hydrogen-bond donors (Lipinski definition) is 2. The van der Waals surface area contributed by atoms with Gasteiger partial charge in [0.1, 0.15) is 11.5 Å². The van der Waals surface area contributed by atoms with Crippen molar-refractivity contribution in [3.05, 3.63) is 101 Å². The van der Waals surface area contributed by atoms with E-state index in [2.05, 4.69) is 23.5 Å². The lowest BCUT2D eigenvalue weighted by molar-refractivity contribution is -0.136. The Hall–Kier alpha value is -4.82. The van der Waals surface area contributed by atoms with Crippen molar-refractivity contribution in [3.63, 3.8) is 0 Å². The van der Waals surface area contributed by atoms with E-state index in [1.54, 1.807) is 19.2 Å². The Morgan fingerprint density at radius 1 is 0.976 bits per heavy atom. The third kappa shape index (κ3) is 6.39. The van der Waals surface area contributed by atoms with Crippen molar-refractivity contribution in [2.45, 2.75) is 19.9 Å². The topological polar surface area (TPSA) is 103 Å². The molecule has 9 heteroatoms. The first-order chi connectivity index (χ1) is 20.4. The molecule has 0 spiro atoms. The van der Waals surface area contributed by atoms with Crippen LogP contribution in [0.1, 0.15) is 29.3 Å². The van der Waals surface area contributed by atoms with Gasteiger partial charge in [0.2, 0.25) is 0 Å². The summed E-state index contributed by atoms with van der Waals surface area (Å²) in [6.45, 7) is 2.93. The average Bonchev–Trinajstić information content (AvgIpc) is 3.41. The Bertz CT molecular complexity index is 1750. The summed E-state index contributed by atoms with van der Waals surface area (Å²) in [5.74, 6) is 0.119. The second-order valence-corrected chi connectivity index (χ2v) is 10.0. The predicted molar refractivity (Wildman–Crippen MR) is 163 cm³/mol. The minimum atomic E-state index is -0.961. The van der Waals surface area contributed by atoms with Crippen LogP contribution in [0.5, 0.6) is 11.5 Å². The van der Waals surface area contributed by atoms with Gasteiger partial charge in [0.05, 0.1) is 43.1 Å². The van der Waals surface area contributed by atoms with Crippen LogP contribution in [-0.2, 0) is 11.3 Å². The predicted octanol–water partition coefficient (Wildman–Crippen LogP) is 6.68. The van der Waals surface area contributed by atoms with Crippen molar-refractivity contribution in [2.24, 2.45) is 0 Å². The molecule has 0 unspecified atom stereocenters. The zero-order chi connectivity index (χ0) is 29.6. The second-order valence-electron chi connectivity index (χ2n) is 9.65. The zero-order valence-corrected chi connectivity index (χ0v) is 24.0. The van der Waals surface area contributed by atoms with Gasteiger partial charge in [-0.15, -0.1) is 0 Å². The number of aromatic nitrogens is 2. The van der Waals surface area contributed by atoms with E-state index in [-0.39, 0.29) is 18.9 Å². The minimum Gasteiger partial charge on any atom is -0.497 e. The Balaban J connectivity index is 1.50. The SMILES string of the molecule is CCOc1cccc(-c2cc(-c3ccc4cc(OC)ccc4c3)n(Cc3ccc(C(=O)NCCC(=O)O)cc3)n2)c1Cl. The monoisotopic (exact) mass is 583 g/mol. The fourth-order valence-corrected chi connectivity index (χ4v) is 4.98. The van der Waals surface area contributed by atoms with Crippen molar-refractivity contribution < 1.29 is 24.2 Å². The molecule has 0 bridgehead atoms. The van der Waals surface area contributed by atoms with E-state index in [0.29, 0.717) is 35.2 Å². The molecule has 8 nitrogen and oxygen atoms in total. The minimum absolute atomic E-state index is 0.0704. The maximum Gasteiger partial charge on any atom is 0.305 e. The van der Waals surface area contributed by atoms with Crippen molar-refractivity contribution >= 4 is 34.2 Å². The summed E-state index contributed by atoms with van der Waals surface area (Å²) in [6.07, 6.45) is -0.131. The number of nitrogens with one attached hydrogen (secondary N) is 1. The van der Waals surface area contributed by atoms with Crippen LogP contribution in [0, 0.1) is 0 Å². The molecular formula is C33H30ClN3O5. The van der Waals surface area contributed by atoms with Crippen LogP contribution >= 0.6 is 11.6 Å². The molecule has 0 atom stereocenters. The quantitative estimate of drug-likeness (QED) is 0.180. The molecule has 0 radical (unpaired) electrons. The van der Waals surface area contributed by atoms with Crippen LogP contribution in [0.25, 0.3) is 33.3 Å². The van der Waals surface area contributed by atoms with Crippen molar-refractivity contribution in [1.82, 2.24) is 15.1 Å². The van der Waals surface area contributed by atoms with Gasteiger partial charge < -0.3 is 19.9 Å². The first-order valence-corrected chi connectivity index (χ1v) is 13.9. The molecule has 214 valence electrons. The first-order valence-electron chi connectivity index (χ1n) is 13.5. The van der Waals surface area contributed by atoms with E-state index in [0.717, 1.165) is 38.9 Å². The van der Waals surface area contributed by atoms with E-state index in [4.69, 9.17) is 31.3 Å². The van der Waals surface area contributed by atoms with Crippen LogP contribution < -0.4 is 14.8 Å². The third-order valence-corrected chi connectivity index (χ3v) is 7.22. The standard InChI is InChI=1S/C33H30ClN3O5/c1-3-42-30-6-4-5-27(32(30)34)28-19-29(25-12-11-24-18-26(41-2)14-13-23(24)17-25)37(36-28)20-21-7-9-22(10-8-21)33(40)35-16-15-31(38)39/h4-14,17-19H,3,15-16,20H2,1-2H3,(H,35,40)(H,38,39). The summed E-state index contributed by atoms with van der Waals surface area (Å²) in [4.78, 5) is 23.1. The number of benzene rings is 4. The van der Waals surface area contributed by atoms with Gasteiger partial charge in [-0.05, 0) is 65.7 Å². The maximum absolute atomic E-state index is 12.4. The number of carbonyl (C=O) groups is 2. The van der Waals surface area contributed by atoms with E-state index in [9.17, 15) is 9.59 Å². The molecular weight excluding hydrogens is 554 g/mol. The molecule has 0 saturated heterocycles. The fraction of sp³-hybridized carbons (Fsp3) is 0.182. The number of methoxy groups -OCH3 is 1. The number of carboxylic acids is 1. The molecule has 5 rings (SSSR count). The van der Waals surface area contributed by atoms with E-state index in [1.165, 1.54) is 0 Å². The summed E-state index contributed by atoms with van der Waals surface area (Å²) < 4.78 is 13.0. The molecule has 0 saturated carbocycles. The van der Waals surface area contributed by atoms with Crippen LogP contribution in [-0.4, -0.2) is 47.0 Å². The highest BCUT2D eigenvalue weighted by atomic mass is 35.5. The van der Waals surface area contributed by atoms with Gasteiger partial charge in [-0.1, -0.05) is 54.1 Å². The van der Waals surface area contributed by atoms with Crippen molar-refractivity contribution in [2.75, 3.05) is 20.3 Å². The van der Waals surface area contributed by atoms with E-state index < -0.39 is 5.97 Å². The number of carbonyl (C=O) groups excluding carboxylic acids is 1. The van der Waals surface area contributed by atoms with Crippen LogP contribution in [0.4, 0.5) is 0 Å². The Labute approximate surface area is 248 Å². The van der Waals surface area contributed by atoms with Gasteiger partial charge in [-0.2, -0.15) is 5.10 Å². The van der Waals surface area contributed by atoms with Gasteiger partial charge in [-0.25, -0.2) is 0 Å². The number of halogens is 1. The summed E-state index contributed by atoms with van der Waals surface area (Å²) >= 11 is 6.74. The van der Waals surface area contributed by atoms with Gasteiger partial charge in [0.15, 0.2) is 0 Å². The third-order valence-electron chi connectivity index (χ3n) is 6.84. The normalized spacial score (nSPS) is 10.9. The van der Waals surface area contributed by atoms with Crippen LogP contribution in [0.15, 0.2) is 84.9 Å². The maximum atomic E-state index is 12.4. The van der Waals surface area contributed by atoms with Crippen molar-refractivity contribution in [1.29, 1.82) is 0 Å². The summed E-state index contributed by atoms with van der Waals surface area (Å²) in [7, 11) is 1.65. The van der Waals surface area contributed by atoms with E-state index >= 15 is 0 Å². The highest BCUT2D eigenvalue weighted by Crippen LogP contribution is 2.37. The lowest BCUT2D eigenvalue weighted by Gasteiger charge is -2.10. The van der Waals surface area contributed by atoms with E-state index in [1.807, 2.05) is 66.2 Å². The number of ether oxygens (including phenoxy) is 2. The molecule has 0 aliphatic heterocycles. The van der Waals surface area contributed by atoms with Gasteiger partial charge >= 0.3 is 5.97 Å². The molecule has 0 aliphatic rings. The molecule has 0 fully saturated rings. The van der Waals surface area contributed by atoms with Crippen LogP contribution in [0.2, 0.25) is 5.02 Å². The smallest absolute Gasteiger partial charge is 0.305 e. The number of aliphatic carboxylic acids is 1. The van der Waals surface area contributed by atoms with Gasteiger partial charge in [-0.3, -0.25) is 14.3 Å². The molecule has 4 aromatic carbocycles. The Morgan fingerprint density at radius 3 is 2.48 bits per heavy atom. The summed E-state index contributed by atoms with van der Waals surface area (Å²) in [6, 6.07) is 27.1. The number of amides is 1. The van der Waals surface area contributed by atoms with Crippen LogP contribution in [0.3, 0.4) is 0 Å². The largest absolute Gasteiger partial charge is 0.497 e. The molecule has 42 heavy (non-hydrogen) atoms. The second kappa shape index (κ2) is 12.8. The molecule has 1 aromatic heterocycles. The molecule has 2 N–H and O–H groups in total. The number of nitrogens with zero attached hydrogens (tertiary/aromatic N) is 2. The lowest BCUT2D eigenvalue weighted by Crippen LogP contribution is -2.25. The number of hydrogen-bond acceptors (Lipinski definition) is 5. The highest BCUT2D eigenvalue weighted by molar-refractivity contribution is 6.34. The highest BCUT2D eigenvalue weighted by Gasteiger charge is 2.17. The number of fused-ring (bicyclic) bond motifs is 1. The Morgan fingerprint density at radius 2 is 1.74 bits per heavy atom. The number of rotatable bonds is 11. The average molecular weight is 584 g/mol. The fourth-order valence-electron chi connectivity index (χ4n) is 4.71. The molecule has 0 aliphatic carbocycles. The number of carboxylic acid groups (broad SMARTS) is 1. The molecule has 1 amide bonds. The molecule has 5 aromatic rings. The summed E-state index contributed by atoms with van der Waals surface area (Å²) in [5.41, 5.74) is 4.75. The Kier molecular flexibility index (Phi) is 8.74. The molecule has 1 heterocycles. The van der Waals surface area contributed by atoms with Crippen molar-refractivity contribution in [3.8, 4) is 34.0 Å². The van der Waals surface area contributed by atoms with Gasteiger partial charge in [0.25, 0.3) is 5.91 Å². The first kappa shape index (κ1) is 28.7. The zero-order valence-electron chi connectivity index (χ0n) is 23.3.